The van der Waals surface area contributed by atoms with Crippen LogP contribution >= 0.6 is 0 Å². The maximum atomic E-state index is 11.0. The number of carbonyl (C=O) groups excluding carboxylic acids is 1. The minimum atomic E-state index is -0.921. The van der Waals surface area contributed by atoms with Crippen LogP contribution in [0.2, 0.25) is 0 Å². The Morgan fingerprint density at radius 2 is 1.83 bits per heavy atom. The summed E-state index contributed by atoms with van der Waals surface area (Å²) in [5.74, 6) is -2.40. The molecule has 1 N–H and O–H groups in total. The monoisotopic (exact) mass is 172 g/mol. The molecule has 0 radical (unpaired) electrons. The fraction of sp³-hybridized carbons (Fsp3) is 0.750. The number of hydrogen-bond acceptors (Lipinski definition) is 3. The molecule has 2 atom stereocenters. The Morgan fingerprint density at radius 3 is 2.08 bits per heavy atom. The Hall–Kier alpha value is -1.06. The zero-order chi connectivity index (χ0) is 9.52. The summed E-state index contributed by atoms with van der Waals surface area (Å²) in [6, 6.07) is 0. The molecule has 0 heterocycles. The van der Waals surface area contributed by atoms with Crippen LogP contribution in [0.5, 0.6) is 0 Å². The second-order valence-corrected chi connectivity index (χ2v) is 3.64. The molecule has 4 nitrogen and oxygen atoms in total. The van der Waals surface area contributed by atoms with Crippen molar-refractivity contribution in [3.63, 3.8) is 0 Å². The van der Waals surface area contributed by atoms with E-state index in [1.165, 1.54) is 7.11 Å². The van der Waals surface area contributed by atoms with E-state index >= 15 is 0 Å². The fourth-order valence-corrected chi connectivity index (χ4v) is 1.67. The minimum Gasteiger partial charge on any atom is -0.481 e. The van der Waals surface area contributed by atoms with Gasteiger partial charge < -0.3 is 9.84 Å². The van der Waals surface area contributed by atoms with Gasteiger partial charge in [-0.05, 0) is 5.41 Å². The fourth-order valence-electron chi connectivity index (χ4n) is 1.67. The Labute approximate surface area is 70.5 Å². The Bertz CT molecular complexity index is 231. The number of hydrogen-bond donors (Lipinski definition) is 1. The van der Waals surface area contributed by atoms with Crippen LogP contribution in [0, 0.1) is 17.3 Å². The third-order valence-corrected chi connectivity index (χ3v) is 2.55. The molecule has 1 fully saturated rings. The lowest BCUT2D eigenvalue weighted by Gasteiger charge is -1.98. The van der Waals surface area contributed by atoms with Gasteiger partial charge in [0.1, 0.15) is 0 Å². The SMILES string of the molecule is COC(=O)[C@@H]1[C@@H](C(=O)O)C1(C)C. The summed E-state index contributed by atoms with van der Waals surface area (Å²) in [7, 11) is 1.27. The van der Waals surface area contributed by atoms with Gasteiger partial charge in [-0.15, -0.1) is 0 Å². The van der Waals surface area contributed by atoms with E-state index in [-0.39, 0.29) is 0 Å². The molecule has 0 spiro atoms. The topological polar surface area (TPSA) is 63.6 Å². The molecule has 0 aliphatic heterocycles. The Kier molecular flexibility index (Phi) is 1.86. The lowest BCUT2D eigenvalue weighted by molar-refractivity contribution is -0.146. The highest BCUT2D eigenvalue weighted by molar-refractivity contribution is 5.88. The molecular weight excluding hydrogens is 160 g/mol. The highest BCUT2D eigenvalue weighted by Crippen LogP contribution is 2.58. The maximum Gasteiger partial charge on any atom is 0.310 e. The van der Waals surface area contributed by atoms with E-state index in [4.69, 9.17) is 5.11 Å². The van der Waals surface area contributed by atoms with Gasteiger partial charge in [0, 0.05) is 0 Å². The number of aliphatic carboxylic acids is 1. The lowest BCUT2D eigenvalue weighted by atomic mass is 10.1. The minimum absolute atomic E-state index is 0.424. The average molecular weight is 172 g/mol. The summed E-state index contributed by atoms with van der Waals surface area (Å²) >= 11 is 0. The second-order valence-electron chi connectivity index (χ2n) is 3.64. The predicted octanol–water partition coefficient (Wildman–Crippen LogP) is 0.516. The quantitative estimate of drug-likeness (QED) is 0.616. The summed E-state index contributed by atoms with van der Waals surface area (Å²) in [5, 5.41) is 8.70. The lowest BCUT2D eigenvalue weighted by Crippen LogP contribution is -2.09. The highest BCUT2D eigenvalue weighted by atomic mass is 16.5. The van der Waals surface area contributed by atoms with Crippen molar-refractivity contribution in [1.29, 1.82) is 0 Å². The van der Waals surface area contributed by atoms with Gasteiger partial charge in [-0.3, -0.25) is 9.59 Å². The largest absolute Gasteiger partial charge is 0.481 e. The second kappa shape index (κ2) is 2.47. The molecule has 1 aliphatic carbocycles. The molecule has 0 unspecified atom stereocenters. The number of methoxy groups -OCH3 is 1. The molecule has 12 heavy (non-hydrogen) atoms. The van der Waals surface area contributed by atoms with Crippen LogP contribution in [-0.2, 0) is 14.3 Å². The first-order chi connectivity index (χ1) is 5.42. The number of carboxylic acids is 1. The van der Waals surface area contributed by atoms with Gasteiger partial charge in [-0.25, -0.2) is 0 Å². The summed E-state index contributed by atoms with van der Waals surface area (Å²) in [5.41, 5.74) is -0.446. The predicted molar refractivity (Wildman–Crippen MR) is 40.4 cm³/mol. The molecule has 0 aromatic heterocycles. The van der Waals surface area contributed by atoms with Crippen molar-refractivity contribution in [3.05, 3.63) is 0 Å². The summed E-state index contributed by atoms with van der Waals surface area (Å²) < 4.78 is 4.49. The van der Waals surface area contributed by atoms with Crippen LogP contribution in [0.25, 0.3) is 0 Å². The van der Waals surface area contributed by atoms with Crippen molar-refractivity contribution in [2.45, 2.75) is 13.8 Å². The van der Waals surface area contributed by atoms with E-state index in [1.807, 2.05) is 0 Å². The molecule has 0 amide bonds. The first kappa shape index (κ1) is 9.03. The third-order valence-electron chi connectivity index (χ3n) is 2.55. The maximum absolute atomic E-state index is 11.0. The van der Waals surface area contributed by atoms with Crippen molar-refractivity contribution < 1.29 is 19.4 Å². The van der Waals surface area contributed by atoms with E-state index < -0.39 is 29.2 Å². The Balaban J connectivity index is 2.73. The molecule has 1 aliphatic rings. The normalized spacial score (nSPS) is 30.9. The molecule has 1 rings (SSSR count). The molecular formula is C8H12O4. The summed E-state index contributed by atoms with van der Waals surface area (Å²) in [4.78, 5) is 21.6. The molecule has 0 saturated heterocycles. The van der Waals surface area contributed by atoms with E-state index in [1.54, 1.807) is 13.8 Å². The van der Waals surface area contributed by atoms with Gasteiger partial charge in [0.2, 0.25) is 0 Å². The number of ether oxygens (including phenoxy) is 1. The standard InChI is InChI=1S/C8H12O4/c1-8(2)4(6(9)10)5(8)7(11)12-3/h4-5H,1-3H3,(H,9,10)/t4-,5-/m0/s1. The molecule has 68 valence electrons. The van der Waals surface area contributed by atoms with E-state index in [9.17, 15) is 9.59 Å². The van der Waals surface area contributed by atoms with Gasteiger partial charge in [-0.2, -0.15) is 0 Å². The van der Waals surface area contributed by atoms with Crippen LogP contribution in [0.4, 0.5) is 0 Å². The highest BCUT2D eigenvalue weighted by Gasteiger charge is 2.66. The van der Waals surface area contributed by atoms with Crippen molar-refractivity contribution in [3.8, 4) is 0 Å². The van der Waals surface area contributed by atoms with Gasteiger partial charge in [0.15, 0.2) is 0 Å². The zero-order valence-corrected chi connectivity index (χ0v) is 7.33. The van der Waals surface area contributed by atoms with Crippen LogP contribution in [-0.4, -0.2) is 24.2 Å². The van der Waals surface area contributed by atoms with E-state index in [0.717, 1.165) is 0 Å². The van der Waals surface area contributed by atoms with Crippen LogP contribution in [0.1, 0.15) is 13.8 Å². The Morgan fingerprint density at radius 1 is 1.33 bits per heavy atom. The van der Waals surface area contributed by atoms with Crippen molar-refractivity contribution in [2.24, 2.45) is 17.3 Å². The number of rotatable bonds is 2. The van der Waals surface area contributed by atoms with E-state index in [0.29, 0.717) is 0 Å². The molecule has 0 aromatic rings. The van der Waals surface area contributed by atoms with Gasteiger partial charge in [0.05, 0.1) is 18.9 Å². The third kappa shape index (κ3) is 1.07. The van der Waals surface area contributed by atoms with Crippen LogP contribution in [0.3, 0.4) is 0 Å². The van der Waals surface area contributed by atoms with Crippen molar-refractivity contribution in [2.75, 3.05) is 7.11 Å². The summed E-state index contributed by atoms with van der Waals surface area (Å²) in [6.45, 7) is 3.51. The molecule has 4 heteroatoms. The smallest absolute Gasteiger partial charge is 0.310 e. The number of carbonyl (C=O) groups is 2. The zero-order valence-electron chi connectivity index (χ0n) is 7.33. The average Bonchev–Trinajstić information content (AvgIpc) is 2.52. The number of esters is 1. The van der Waals surface area contributed by atoms with Gasteiger partial charge in [-0.1, -0.05) is 13.8 Å². The molecule has 1 saturated carbocycles. The number of carboxylic acid groups (broad SMARTS) is 1. The summed E-state index contributed by atoms with van der Waals surface area (Å²) in [6.07, 6.45) is 0. The van der Waals surface area contributed by atoms with Crippen molar-refractivity contribution in [1.82, 2.24) is 0 Å². The van der Waals surface area contributed by atoms with Gasteiger partial charge in [0.25, 0.3) is 0 Å². The van der Waals surface area contributed by atoms with E-state index in [2.05, 4.69) is 4.74 Å². The first-order valence-electron chi connectivity index (χ1n) is 3.73. The van der Waals surface area contributed by atoms with Crippen molar-refractivity contribution >= 4 is 11.9 Å². The van der Waals surface area contributed by atoms with Crippen LogP contribution < -0.4 is 0 Å². The molecule has 0 aromatic carbocycles. The first-order valence-corrected chi connectivity index (χ1v) is 3.73. The molecule has 0 bridgehead atoms. The van der Waals surface area contributed by atoms with Crippen LogP contribution in [0.15, 0.2) is 0 Å². The van der Waals surface area contributed by atoms with Gasteiger partial charge >= 0.3 is 11.9 Å².